The third kappa shape index (κ3) is 36.2. The first kappa shape index (κ1) is 73.8. The molecule has 2 aliphatic heterocycles. The van der Waals surface area contributed by atoms with Crippen LogP contribution in [0.25, 0.3) is 0 Å². The van der Waals surface area contributed by atoms with Crippen LogP contribution in [0.2, 0.25) is 0 Å². The maximum absolute atomic E-state index is 13.2. The molecule has 79 heavy (non-hydrogen) atoms. The minimum absolute atomic E-state index is 0.235. The van der Waals surface area contributed by atoms with E-state index < -0.39 is 86.8 Å². The van der Waals surface area contributed by atoms with Crippen LogP contribution in [0.1, 0.15) is 303 Å². The fourth-order valence-electron chi connectivity index (χ4n) is 11.4. The van der Waals surface area contributed by atoms with Crippen molar-refractivity contribution >= 4 is 5.91 Å². The van der Waals surface area contributed by atoms with Crippen molar-refractivity contribution in [1.82, 2.24) is 5.32 Å². The number of hydrogen-bond donors (Lipinski definition) is 9. The van der Waals surface area contributed by atoms with Gasteiger partial charge in [-0.1, -0.05) is 289 Å². The second kappa shape index (κ2) is 51.2. The van der Waals surface area contributed by atoms with Gasteiger partial charge in [0.2, 0.25) is 5.91 Å². The molecule has 12 atom stereocenters. The summed E-state index contributed by atoms with van der Waals surface area (Å²) in [6.45, 7) is 2.79. The molecule has 14 nitrogen and oxygen atoms in total. The minimum Gasteiger partial charge on any atom is -0.394 e. The average molecular weight is 1130 g/mol. The molecular formula is C65H125NO13. The van der Waals surface area contributed by atoms with E-state index in [0.717, 1.165) is 38.5 Å². The molecule has 0 bridgehead atoms. The molecule has 0 aromatic heterocycles. The third-order valence-electron chi connectivity index (χ3n) is 16.7. The van der Waals surface area contributed by atoms with Crippen molar-refractivity contribution in [2.75, 3.05) is 19.8 Å². The lowest BCUT2D eigenvalue weighted by Gasteiger charge is -2.46. The highest BCUT2D eigenvalue weighted by Gasteiger charge is 2.51. The number of allylic oxidation sites excluding steroid dienone is 1. The second-order valence-corrected chi connectivity index (χ2v) is 24.0. The molecule has 2 heterocycles. The summed E-state index contributed by atoms with van der Waals surface area (Å²) >= 11 is 0. The number of nitrogens with one attached hydrogen (secondary N) is 1. The summed E-state index contributed by atoms with van der Waals surface area (Å²) < 4.78 is 22.7. The Balaban J connectivity index is 1.53. The molecular weight excluding hydrogens is 1000 g/mol. The summed E-state index contributed by atoms with van der Waals surface area (Å²) in [5.41, 5.74) is 0. The maximum Gasteiger partial charge on any atom is 0.220 e. The zero-order chi connectivity index (χ0) is 57.4. The van der Waals surface area contributed by atoms with Gasteiger partial charge in [0, 0.05) is 6.42 Å². The van der Waals surface area contributed by atoms with Gasteiger partial charge in [-0.3, -0.25) is 4.79 Å². The zero-order valence-corrected chi connectivity index (χ0v) is 50.6. The summed E-state index contributed by atoms with van der Waals surface area (Å²) in [6, 6.07) is -0.908. The lowest BCUT2D eigenvalue weighted by Crippen LogP contribution is -2.65. The van der Waals surface area contributed by atoms with Gasteiger partial charge in [0.1, 0.15) is 48.8 Å². The summed E-state index contributed by atoms with van der Waals surface area (Å²) in [7, 11) is 0. The van der Waals surface area contributed by atoms with Crippen molar-refractivity contribution in [3.63, 3.8) is 0 Å². The standard InChI is InChI=1S/C65H125NO13/c1-3-5-7-9-11-13-14-15-16-17-18-19-20-21-22-23-24-25-26-27-28-29-30-31-32-33-34-35-36-37-38-39-41-43-45-47-49-57(70)66-53(54(69)48-46-44-42-40-12-10-8-6-4-2)52-76-64-62(75)60(73)63(56(51-68)78-64)79-65-61(74)59(72)58(71)55(50-67)77-65/h46,48,53-56,58-65,67-69,71-75H,3-45,47,49-52H2,1-2H3,(H,66,70)/b48-46+. The average Bonchev–Trinajstić information content (AvgIpc) is 3.48. The number of hydrogen-bond acceptors (Lipinski definition) is 13. The fourth-order valence-corrected chi connectivity index (χ4v) is 11.4. The Kier molecular flexibility index (Phi) is 47.8. The van der Waals surface area contributed by atoms with Gasteiger partial charge in [-0.2, -0.15) is 0 Å². The highest BCUT2D eigenvalue weighted by molar-refractivity contribution is 5.76. The number of carbonyl (C=O) groups excluding carboxylic acids is 1. The molecule has 2 rings (SSSR count). The van der Waals surface area contributed by atoms with Crippen molar-refractivity contribution < 1.29 is 64.6 Å². The topological polar surface area (TPSA) is 228 Å². The van der Waals surface area contributed by atoms with Gasteiger partial charge in [0.15, 0.2) is 12.6 Å². The molecule has 1 amide bonds. The number of aliphatic hydroxyl groups excluding tert-OH is 8. The molecule has 0 aromatic rings. The lowest BCUT2D eigenvalue weighted by molar-refractivity contribution is -0.359. The lowest BCUT2D eigenvalue weighted by atomic mass is 9.97. The molecule has 0 aromatic carbocycles. The van der Waals surface area contributed by atoms with E-state index in [1.807, 2.05) is 6.08 Å². The third-order valence-corrected chi connectivity index (χ3v) is 16.7. The van der Waals surface area contributed by atoms with Crippen LogP contribution in [0.3, 0.4) is 0 Å². The molecule has 9 N–H and O–H groups in total. The minimum atomic E-state index is -1.78. The Morgan fingerprint density at radius 2 is 0.785 bits per heavy atom. The number of unbranched alkanes of at least 4 members (excludes halogenated alkanes) is 42. The molecule has 0 spiro atoms. The van der Waals surface area contributed by atoms with E-state index >= 15 is 0 Å². The van der Waals surface area contributed by atoms with Crippen LogP contribution in [0.15, 0.2) is 12.2 Å². The molecule has 14 heteroatoms. The quantitative estimate of drug-likeness (QED) is 0.0204. The molecule has 2 saturated heterocycles. The van der Waals surface area contributed by atoms with E-state index in [0.29, 0.717) is 6.42 Å². The molecule has 2 aliphatic rings. The van der Waals surface area contributed by atoms with Gasteiger partial charge in [0.05, 0.1) is 32.0 Å². The van der Waals surface area contributed by atoms with Gasteiger partial charge in [0.25, 0.3) is 0 Å². The summed E-state index contributed by atoms with van der Waals surface area (Å²) in [4.78, 5) is 13.2. The van der Waals surface area contributed by atoms with E-state index in [9.17, 15) is 45.6 Å². The Morgan fingerprint density at radius 1 is 0.443 bits per heavy atom. The predicted octanol–water partition coefficient (Wildman–Crippen LogP) is 12.6. The van der Waals surface area contributed by atoms with Gasteiger partial charge >= 0.3 is 0 Å². The highest BCUT2D eigenvalue weighted by atomic mass is 16.7. The number of rotatable bonds is 55. The van der Waals surface area contributed by atoms with Crippen LogP contribution in [-0.4, -0.2) is 140 Å². The van der Waals surface area contributed by atoms with Crippen molar-refractivity contribution in [2.24, 2.45) is 0 Å². The molecule has 0 aliphatic carbocycles. The highest BCUT2D eigenvalue weighted by Crippen LogP contribution is 2.30. The zero-order valence-electron chi connectivity index (χ0n) is 50.6. The van der Waals surface area contributed by atoms with Crippen LogP contribution in [0.5, 0.6) is 0 Å². The summed E-state index contributed by atoms with van der Waals surface area (Å²) in [5, 5.41) is 86.9. The van der Waals surface area contributed by atoms with Crippen LogP contribution in [-0.2, 0) is 23.7 Å². The molecule has 12 unspecified atom stereocenters. The van der Waals surface area contributed by atoms with Crippen molar-refractivity contribution in [3.05, 3.63) is 12.2 Å². The molecule has 468 valence electrons. The van der Waals surface area contributed by atoms with Crippen LogP contribution in [0, 0.1) is 0 Å². The predicted molar refractivity (Wildman–Crippen MR) is 319 cm³/mol. The summed E-state index contributed by atoms with van der Waals surface area (Å²) in [5.74, 6) is -0.235. The number of carbonyl (C=O) groups is 1. The SMILES string of the molecule is CCCCCCCCC/C=C/C(O)C(COC1OC(CO)C(OC2OC(CO)C(O)C(O)C2O)C(O)C1O)NC(=O)CCCCCCCCCCCCCCCCCCCCCCCCCCCCCCCCCCCCCC. The second-order valence-electron chi connectivity index (χ2n) is 24.0. The van der Waals surface area contributed by atoms with E-state index in [-0.39, 0.29) is 18.9 Å². The molecule has 0 radical (unpaired) electrons. The monoisotopic (exact) mass is 1130 g/mol. The first-order valence-electron chi connectivity index (χ1n) is 33.4. The van der Waals surface area contributed by atoms with E-state index in [1.165, 1.54) is 238 Å². The van der Waals surface area contributed by atoms with Crippen LogP contribution in [0.4, 0.5) is 0 Å². The molecule has 0 saturated carbocycles. The largest absolute Gasteiger partial charge is 0.394 e. The fraction of sp³-hybridized carbons (Fsp3) is 0.954. The Bertz CT molecular complexity index is 1380. The van der Waals surface area contributed by atoms with Crippen LogP contribution < -0.4 is 5.32 Å². The summed E-state index contributed by atoms with van der Waals surface area (Å²) in [6.07, 6.45) is 44.7. The normalized spacial score (nSPS) is 24.4. The number of aliphatic hydroxyl groups is 8. The Labute approximate surface area is 482 Å². The van der Waals surface area contributed by atoms with E-state index in [4.69, 9.17) is 18.9 Å². The first-order chi connectivity index (χ1) is 38.6. The Hall–Kier alpha value is -1.27. The van der Waals surface area contributed by atoms with Crippen molar-refractivity contribution in [3.8, 4) is 0 Å². The van der Waals surface area contributed by atoms with Gasteiger partial charge in [-0.05, 0) is 19.3 Å². The van der Waals surface area contributed by atoms with Crippen LogP contribution >= 0.6 is 0 Å². The van der Waals surface area contributed by atoms with Gasteiger partial charge < -0.3 is 65.1 Å². The van der Waals surface area contributed by atoms with E-state index in [2.05, 4.69) is 19.2 Å². The smallest absolute Gasteiger partial charge is 0.220 e. The van der Waals surface area contributed by atoms with Crippen molar-refractivity contribution in [2.45, 2.75) is 376 Å². The Morgan fingerprint density at radius 3 is 1.16 bits per heavy atom. The number of ether oxygens (including phenoxy) is 4. The maximum atomic E-state index is 13.2. The van der Waals surface area contributed by atoms with Gasteiger partial charge in [-0.25, -0.2) is 0 Å². The van der Waals surface area contributed by atoms with Crippen molar-refractivity contribution in [1.29, 1.82) is 0 Å². The first-order valence-corrected chi connectivity index (χ1v) is 33.4. The van der Waals surface area contributed by atoms with E-state index in [1.54, 1.807) is 6.08 Å². The number of amides is 1. The molecule has 2 fully saturated rings. The van der Waals surface area contributed by atoms with Gasteiger partial charge in [-0.15, -0.1) is 0 Å².